The van der Waals surface area contributed by atoms with Crippen LogP contribution in [0.4, 0.5) is 10.6 Å². The molecule has 274 valence electrons. The molecule has 0 aliphatic carbocycles. The van der Waals surface area contributed by atoms with E-state index in [0.29, 0.717) is 12.4 Å². The minimum absolute atomic E-state index is 0.0248. The zero-order chi connectivity index (χ0) is 37.4. The molecule has 2 amide bonds. The van der Waals surface area contributed by atoms with Crippen LogP contribution < -0.4 is 16.4 Å². The fraction of sp³-hybridized carbons (Fsp3) is 0.463. The summed E-state index contributed by atoms with van der Waals surface area (Å²) in [5.41, 5.74) is 7.75. The van der Waals surface area contributed by atoms with Crippen LogP contribution in [0.15, 0.2) is 91.6 Å². The molecule has 4 N–H and O–H groups in total. The second kappa shape index (κ2) is 24.6. The highest BCUT2D eigenvalue weighted by atomic mass is 16.6. The number of nitrogens with one attached hydrogen (secondary N) is 2. The number of amides is 2. The molecule has 0 spiro atoms. The molecule has 0 saturated carbocycles. The number of alkyl carbamates (subject to hydrolysis) is 1. The SMILES string of the molecule is C=CC.CC(C)(C)OC(=O)NC(C=O)C(c1ccccc1)c1ccccc1.CCCCCC.CN1CCC[C@H]1C(=O)NCc1ccc(N)nc1. The van der Waals surface area contributed by atoms with Gasteiger partial charge in [-0.05, 0) is 76.9 Å². The van der Waals surface area contributed by atoms with Gasteiger partial charge in [0.05, 0.1) is 12.1 Å². The average molecular weight is 688 g/mol. The van der Waals surface area contributed by atoms with E-state index in [4.69, 9.17) is 10.5 Å². The lowest BCUT2D eigenvalue weighted by atomic mass is 9.85. The highest BCUT2D eigenvalue weighted by molar-refractivity contribution is 5.82. The number of rotatable bonds is 11. The van der Waals surface area contributed by atoms with Gasteiger partial charge in [-0.15, -0.1) is 6.58 Å². The molecule has 1 fully saturated rings. The summed E-state index contributed by atoms with van der Waals surface area (Å²) >= 11 is 0. The summed E-state index contributed by atoms with van der Waals surface area (Å²) in [4.78, 5) is 41.8. The van der Waals surface area contributed by atoms with Crippen LogP contribution in [0.3, 0.4) is 0 Å². The van der Waals surface area contributed by atoms with Gasteiger partial charge in [0.2, 0.25) is 5.91 Å². The quantitative estimate of drug-likeness (QED) is 0.106. The molecule has 4 rings (SSSR count). The van der Waals surface area contributed by atoms with Crippen LogP contribution in [0.5, 0.6) is 0 Å². The highest BCUT2D eigenvalue weighted by Gasteiger charge is 2.29. The molecule has 2 atom stereocenters. The topological polar surface area (TPSA) is 127 Å². The van der Waals surface area contributed by atoms with Crippen LogP contribution in [0.25, 0.3) is 0 Å². The van der Waals surface area contributed by atoms with Crippen LogP contribution in [0, 0.1) is 0 Å². The van der Waals surface area contributed by atoms with Crippen molar-refractivity contribution >= 4 is 24.1 Å². The Morgan fingerprint density at radius 2 is 1.54 bits per heavy atom. The third-order valence-electron chi connectivity index (χ3n) is 7.60. The van der Waals surface area contributed by atoms with E-state index in [0.717, 1.165) is 42.4 Å². The van der Waals surface area contributed by atoms with Crippen LogP contribution >= 0.6 is 0 Å². The Bertz CT molecular complexity index is 1320. The first-order chi connectivity index (χ1) is 23.9. The van der Waals surface area contributed by atoms with Crippen molar-refractivity contribution in [3.8, 4) is 0 Å². The fourth-order valence-electron chi connectivity index (χ4n) is 5.16. The normalized spacial score (nSPS) is 14.3. The van der Waals surface area contributed by atoms with E-state index < -0.39 is 17.7 Å². The number of ether oxygens (including phenoxy) is 1. The number of likely N-dealkylation sites (N-methyl/N-ethyl adjacent to an activating group) is 1. The van der Waals surface area contributed by atoms with Crippen molar-refractivity contribution in [3.63, 3.8) is 0 Å². The predicted molar refractivity (Wildman–Crippen MR) is 206 cm³/mol. The van der Waals surface area contributed by atoms with Gasteiger partial charge in [-0.3, -0.25) is 9.69 Å². The van der Waals surface area contributed by atoms with Gasteiger partial charge in [0.25, 0.3) is 0 Å². The first kappa shape index (κ1) is 43.5. The number of nitrogens with two attached hydrogens (primary N) is 1. The number of aromatic nitrogens is 1. The average Bonchev–Trinajstić information content (AvgIpc) is 3.53. The standard InChI is InChI=1S/C20H23NO3.C12H18N4O.C6H14.C3H6/c1-20(2,3)24-19(23)21-17(14-22)18(15-10-6-4-7-11-15)16-12-8-5-9-13-16;1-16-6-2-3-10(16)12(17)15-8-9-4-5-11(13)14-7-9;1-3-5-6-4-2;1-3-2/h4-14,17-18H,1-3H3,(H,21,23);4-5,7,10H,2-3,6,8H2,1H3,(H2,13,14)(H,15,17);3-6H2,1-2H3;3H,1H2,2H3/t;10-;;/m.0../s1. The third-order valence-corrected chi connectivity index (χ3v) is 7.60. The molecule has 50 heavy (non-hydrogen) atoms. The number of allylic oxidation sites excluding steroid dienone is 1. The smallest absolute Gasteiger partial charge is 0.408 e. The zero-order valence-electron chi connectivity index (χ0n) is 31.4. The molecular formula is C41H61N5O4. The van der Waals surface area contributed by atoms with E-state index in [1.807, 2.05) is 80.7 Å². The molecule has 0 bridgehead atoms. The number of unbranched alkanes of at least 4 members (excludes halogenated alkanes) is 3. The van der Waals surface area contributed by atoms with Crippen LogP contribution in [-0.2, 0) is 20.9 Å². The largest absolute Gasteiger partial charge is 0.444 e. The monoisotopic (exact) mass is 687 g/mol. The van der Waals surface area contributed by atoms with Gasteiger partial charge in [-0.1, -0.05) is 112 Å². The van der Waals surface area contributed by atoms with Gasteiger partial charge in [-0.25, -0.2) is 9.78 Å². The summed E-state index contributed by atoms with van der Waals surface area (Å²) in [6.07, 6.45) is 11.2. The number of pyridine rings is 1. The molecule has 1 aliphatic heterocycles. The van der Waals surface area contributed by atoms with Gasteiger partial charge in [0.15, 0.2) is 0 Å². The number of aldehydes is 1. The zero-order valence-corrected chi connectivity index (χ0v) is 31.4. The molecule has 3 aromatic rings. The number of benzene rings is 2. The van der Waals surface area contributed by atoms with Crippen molar-refractivity contribution in [2.24, 2.45) is 0 Å². The van der Waals surface area contributed by atoms with Crippen molar-refractivity contribution in [1.29, 1.82) is 0 Å². The summed E-state index contributed by atoms with van der Waals surface area (Å²) in [6.45, 7) is 16.6. The number of likely N-dealkylation sites (tertiary alicyclic amines) is 1. The lowest BCUT2D eigenvalue weighted by molar-refractivity contribution is -0.125. The molecule has 1 aromatic heterocycles. The van der Waals surface area contributed by atoms with Gasteiger partial charge in [0, 0.05) is 18.7 Å². The lowest BCUT2D eigenvalue weighted by Crippen LogP contribution is -2.43. The molecule has 1 aliphatic rings. The maximum Gasteiger partial charge on any atom is 0.408 e. The minimum Gasteiger partial charge on any atom is -0.444 e. The summed E-state index contributed by atoms with van der Waals surface area (Å²) < 4.78 is 5.28. The van der Waals surface area contributed by atoms with Crippen molar-refractivity contribution < 1.29 is 19.1 Å². The van der Waals surface area contributed by atoms with E-state index in [1.165, 1.54) is 25.7 Å². The van der Waals surface area contributed by atoms with Gasteiger partial charge >= 0.3 is 6.09 Å². The second-order valence-electron chi connectivity index (χ2n) is 13.2. The predicted octanol–water partition coefficient (Wildman–Crippen LogP) is 8.06. The fourth-order valence-corrected chi connectivity index (χ4v) is 5.16. The first-order valence-electron chi connectivity index (χ1n) is 17.7. The number of nitrogen functional groups attached to an aromatic ring is 1. The second-order valence-corrected chi connectivity index (χ2v) is 13.2. The number of hydrogen-bond acceptors (Lipinski definition) is 7. The highest BCUT2D eigenvalue weighted by Crippen LogP contribution is 2.27. The molecule has 2 heterocycles. The van der Waals surface area contributed by atoms with E-state index in [9.17, 15) is 14.4 Å². The number of carbonyl (C=O) groups excluding carboxylic acids is 3. The molecular weight excluding hydrogens is 626 g/mol. The molecule has 9 heteroatoms. The van der Waals surface area contributed by atoms with Gasteiger partial charge < -0.3 is 25.9 Å². The summed E-state index contributed by atoms with van der Waals surface area (Å²) in [6, 6.07) is 22.2. The van der Waals surface area contributed by atoms with Crippen molar-refractivity contribution in [2.45, 2.75) is 110 Å². The Hall–Kier alpha value is -4.50. The Morgan fingerprint density at radius 3 is 1.94 bits per heavy atom. The van der Waals surface area contributed by atoms with Crippen LogP contribution in [0.2, 0.25) is 0 Å². The molecule has 1 unspecified atom stereocenters. The number of nitrogens with zero attached hydrogens (tertiary/aromatic N) is 2. The number of anilines is 1. The van der Waals surface area contributed by atoms with Crippen molar-refractivity contribution in [3.05, 3.63) is 108 Å². The van der Waals surface area contributed by atoms with Crippen LogP contribution in [0.1, 0.15) is 103 Å². The first-order valence-corrected chi connectivity index (χ1v) is 17.7. The van der Waals surface area contributed by atoms with Crippen LogP contribution in [-0.4, -0.2) is 59.4 Å². The summed E-state index contributed by atoms with van der Waals surface area (Å²) in [7, 11) is 1.99. The Balaban J connectivity index is 0.000000416. The van der Waals surface area contributed by atoms with Gasteiger partial charge in [0.1, 0.15) is 17.7 Å². The van der Waals surface area contributed by atoms with E-state index in [2.05, 4.69) is 40.9 Å². The van der Waals surface area contributed by atoms with Gasteiger partial charge in [-0.2, -0.15) is 0 Å². The number of hydrogen-bond donors (Lipinski definition) is 3. The van der Waals surface area contributed by atoms with E-state index in [1.54, 1.807) is 39.1 Å². The number of carbonyl (C=O) groups is 3. The Labute approximate surface area is 301 Å². The molecule has 1 saturated heterocycles. The Morgan fingerprint density at radius 1 is 1.00 bits per heavy atom. The van der Waals surface area contributed by atoms with Crippen molar-refractivity contribution in [2.75, 3.05) is 19.3 Å². The summed E-state index contributed by atoms with van der Waals surface area (Å²) in [5.74, 6) is 0.315. The minimum atomic E-state index is -0.718. The maximum absolute atomic E-state index is 12.1. The summed E-state index contributed by atoms with van der Waals surface area (Å²) in [5, 5.41) is 5.62. The molecule has 9 nitrogen and oxygen atoms in total. The van der Waals surface area contributed by atoms with E-state index in [-0.39, 0.29) is 17.9 Å². The lowest BCUT2D eigenvalue weighted by Gasteiger charge is -2.27. The Kier molecular flexibility index (Phi) is 21.4. The molecule has 2 aromatic carbocycles. The third kappa shape index (κ3) is 17.8. The van der Waals surface area contributed by atoms with Crippen molar-refractivity contribution in [1.82, 2.24) is 20.5 Å². The maximum atomic E-state index is 12.1. The van der Waals surface area contributed by atoms with E-state index >= 15 is 0 Å². The molecule has 0 radical (unpaired) electrons.